The Hall–Kier alpha value is -2.01. The lowest BCUT2D eigenvalue weighted by molar-refractivity contribution is 0.171. The molecule has 5 nitrogen and oxygen atoms in total. The van der Waals surface area contributed by atoms with Gasteiger partial charge < -0.3 is 15.2 Å². The summed E-state index contributed by atoms with van der Waals surface area (Å²) in [6, 6.07) is 7.66. The van der Waals surface area contributed by atoms with Gasteiger partial charge in [-0.15, -0.1) is 0 Å². The molecule has 0 bridgehead atoms. The second-order valence-corrected chi connectivity index (χ2v) is 3.78. The van der Waals surface area contributed by atoms with E-state index in [2.05, 4.69) is 5.10 Å². The molecule has 2 heterocycles. The maximum absolute atomic E-state index is 5.53. The predicted octanol–water partition coefficient (Wildman–Crippen LogP) is 1.10. The largest absolute Gasteiger partial charge is 0.486 e. The van der Waals surface area contributed by atoms with E-state index >= 15 is 0 Å². The molecule has 1 aliphatic rings. The maximum atomic E-state index is 5.53. The van der Waals surface area contributed by atoms with Crippen molar-refractivity contribution in [3.05, 3.63) is 36.2 Å². The molecule has 0 saturated heterocycles. The van der Waals surface area contributed by atoms with Gasteiger partial charge >= 0.3 is 0 Å². The van der Waals surface area contributed by atoms with Gasteiger partial charge in [0.25, 0.3) is 0 Å². The van der Waals surface area contributed by atoms with Crippen molar-refractivity contribution < 1.29 is 9.47 Å². The van der Waals surface area contributed by atoms with Crippen LogP contribution in [0.5, 0.6) is 11.5 Å². The van der Waals surface area contributed by atoms with Gasteiger partial charge in [0.1, 0.15) is 13.2 Å². The van der Waals surface area contributed by atoms with Crippen LogP contribution in [-0.4, -0.2) is 23.0 Å². The van der Waals surface area contributed by atoms with E-state index in [9.17, 15) is 0 Å². The van der Waals surface area contributed by atoms with Crippen LogP contribution in [0.1, 0.15) is 5.69 Å². The minimum absolute atomic E-state index is 0.442. The molecule has 1 aromatic heterocycles. The molecule has 0 radical (unpaired) electrons. The Morgan fingerprint density at radius 3 is 2.76 bits per heavy atom. The molecule has 0 amide bonds. The highest BCUT2D eigenvalue weighted by Gasteiger charge is 2.12. The summed E-state index contributed by atoms with van der Waals surface area (Å²) >= 11 is 0. The molecule has 2 N–H and O–H groups in total. The van der Waals surface area contributed by atoms with Gasteiger partial charge in [-0.05, 0) is 18.2 Å². The van der Waals surface area contributed by atoms with Gasteiger partial charge in [-0.1, -0.05) is 0 Å². The maximum Gasteiger partial charge on any atom is 0.163 e. The molecule has 88 valence electrons. The van der Waals surface area contributed by atoms with Crippen LogP contribution in [0.15, 0.2) is 30.5 Å². The van der Waals surface area contributed by atoms with Gasteiger partial charge in [-0.25, -0.2) is 4.68 Å². The average Bonchev–Trinajstić information content (AvgIpc) is 2.87. The third kappa shape index (κ3) is 1.85. The topological polar surface area (TPSA) is 62.3 Å². The van der Waals surface area contributed by atoms with Gasteiger partial charge in [-0.3, -0.25) is 0 Å². The van der Waals surface area contributed by atoms with Crippen molar-refractivity contribution in [1.82, 2.24) is 9.78 Å². The summed E-state index contributed by atoms with van der Waals surface area (Å²) < 4.78 is 12.8. The first-order chi connectivity index (χ1) is 8.36. The van der Waals surface area contributed by atoms with Crippen molar-refractivity contribution in [3.63, 3.8) is 0 Å². The Labute approximate surface area is 98.8 Å². The van der Waals surface area contributed by atoms with E-state index in [4.69, 9.17) is 15.2 Å². The molecule has 0 fully saturated rings. The van der Waals surface area contributed by atoms with Gasteiger partial charge in [0, 0.05) is 18.8 Å². The number of ether oxygens (including phenoxy) is 2. The minimum Gasteiger partial charge on any atom is -0.486 e. The lowest BCUT2D eigenvalue weighted by atomic mass is 10.2. The van der Waals surface area contributed by atoms with Crippen LogP contribution in [0.2, 0.25) is 0 Å². The normalized spacial score (nSPS) is 13.7. The van der Waals surface area contributed by atoms with Crippen molar-refractivity contribution in [2.45, 2.75) is 6.54 Å². The average molecular weight is 231 g/mol. The van der Waals surface area contributed by atoms with Crippen LogP contribution in [0.4, 0.5) is 0 Å². The molecular weight excluding hydrogens is 218 g/mol. The Balaban J connectivity index is 1.97. The van der Waals surface area contributed by atoms with Crippen molar-refractivity contribution in [3.8, 4) is 17.2 Å². The summed E-state index contributed by atoms with van der Waals surface area (Å²) in [5, 5.41) is 4.34. The summed E-state index contributed by atoms with van der Waals surface area (Å²) in [5.41, 5.74) is 7.33. The molecule has 0 unspecified atom stereocenters. The van der Waals surface area contributed by atoms with E-state index in [0.29, 0.717) is 19.8 Å². The fourth-order valence-electron chi connectivity index (χ4n) is 1.79. The first kappa shape index (κ1) is 10.2. The van der Waals surface area contributed by atoms with Gasteiger partial charge in [0.2, 0.25) is 0 Å². The summed E-state index contributed by atoms with van der Waals surface area (Å²) in [7, 11) is 0. The number of hydrogen-bond acceptors (Lipinski definition) is 4. The molecule has 0 atom stereocenters. The molecule has 1 aliphatic heterocycles. The van der Waals surface area contributed by atoms with Crippen LogP contribution < -0.4 is 15.2 Å². The number of hydrogen-bond donors (Lipinski definition) is 1. The van der Waals surface area contributed by atoms with E-state index in [1.807, 2.05) is 30.5 Å². The highest BCUT2D eigenvalue weighted by atomic mass is 16.6. The lowest BCUT2D eigenvalue weighted by Crippen LogP contribution is -2.15. The summed E-state index contributed by atoms with van der Waals surface area (Å²) in [6.07, 6.45) is 1.88. The zero-order valence-electron chi connectivity index (χ0n) is 9.30. The standard InChI is InChI=1S/C12H13N3O2/c13-8-9-3-4-15(14-9)10-1-2-11-12(7-10)17-6-5-16-11/h1-4,7H,5-6,8,13H2. The molecule has 0 saturated carbocycles. The van der Waals surface area contributed by atoms with Crippen LogP contribution >= 0.6 is 0 Å². The molecule has 5 heteroatoms. The SMILES string of the molecule is NCc1ccn(-c2ccc3c(c2)OCCO3)n1. The Bertz CT molecular complexity index is 536. The Morgan fingerprint density at radius 1 is 1.18 bits per heavy atom. The van der Waals surface area contributed by atoms with Crippen LogP contribution in [0.3, 0.4) is 0 Å². The second kappa shape index (κ2) is 4.10. The quantitative estimate of drug-likeness (QED) is 0.840. The molecule has 17 heavy (non-hydrogen) atoms. The third-order valence-electron chi connectivity index (χ3n) is 2.64. The van der Waals surface area contributed by atoms with Crippen LogP contribution in [0, 0.1) is 0 Å². The molecular formula is C12H13N3O2. The lowest BCUT2D eigenvalue weighted by Gasteiger charge is -2.18. The van der Waals surface area contributed by atoms with Crippen LogP contribution in [-0.2, 0) is 6.54 Å². The van der Waals surface area contributed by atoms with Crippen molar-refractivity contribution >= 4 is 0 Å². The van der Waals surface area contributed by atoms with E-state index in [-0.39, 0.29) is 0 Å². The zero-order chi connectivity index (χ0) is 11.7. The van der Waals surface area contributed by atoms with Crippen molar-refractivity contribution in [1.29, 1.82) is 0 Å². The van der Waals surface area contributed by atoms with Gasteiger partial charge in [0.15, 0.2) is 11.5 Å². The first-order valence-electron chi connectivity index (χ1n) is 5.51. The molecule has 3 rings (SSSR count). The fourth-order valence-corrected chi connectivity index (χ4v) is 1.79. The van der Waals surface area contributed by atoms with Crippen molar-refractivity contribution in [2.75, 3.05) is 13.2 Å². The summed E-state index contributed by atoms with van der Waals surface area (Å²) in [6.45, 7) is 1.63. The number of rotatable bonds is 2. The number of nitrogens with zero attached hydrogens (tertiary/aromatic N) is 2. The predicted molar refractivity (Wildman–Crippen MR) is 62.4 cm³/mol. The minimum atomic E-state index is 0.442. The third-order valence-corrected chi connectivity index (χ3v) is 2.64. The number of benzene rings is 1. The highest BCUT2D eigenvalue weighted by molar-refractivity contribution is 5.49. The van der Waals surface area contributed by atoms with Crippen LogP contribution in [0.25, 0.3) is 5.69 Å². The number of aromatic nitrogens is 2. The second-order valence-electron chi connectivity index (χ2n) is 3.78. The van der Waals surface area contributed by atoms with E-state index in [0.717, 1.165) is 22.9 Å². The van der Waals surface area contributed by atoms with E-state index in [1.54, 1.807) is 4.68 Å². The highest BCUT2D eigenvalue weighted by Crippen LogP contribution is 2.31. The zero-order valence-corrected chi connectivity index (χ0v) is 9.30. The Morgan fingerprint density at radius 2 is 2.00 bits per heavy atom. The van der Waals surface area contributed by atoms with Gasteiger partial charge in [-0.2, -0.15) is 5.10 Å². The number of fused-ring (bicyclic) bond motifs is 1. The van der Waals surface area contributed by atoms with E-state index in [1.165, 1.54) is 0 Å². The molecule has 1 aromatic carbocycles. The smallest absolute Gasteiger partial charge is 0.163 e. The van der Waals surface area contributed by atoms with Gasteiger partial charge in [0.05, 0.1) is 11.4 Å². The molecule has 2 aromatic rings. The summed E-state index contributed by atoms with van der Waals surface area (Å²) in [5.74, 6) is 1.55. The number of nitrogens with two attached hydrogens (primary N) is 1. The monoisotopic (exact) mass is 231 g/mol. The summed E-state index contributed by atoms with van der Waals surface area (Å²) in [4.78, 5) is 0. The van der Waals surface area contributed by atoms with Crippen molar-refractivity contribution in [2.24, 2.45) is 5.73 Å². The van der Waals surface area contributed by atoms with E-state index < -0.39 is 0 Å². The Kier molecular flexibility index (Phi) is 2.45. The molecule has 0 spiro atoms. The molecule has 0 aliphatic carbocycles. The fraction of sp³-hybridized carbons (Fsp3) is 0.250. The first-order valence-corrected chi connectivity index (χ1v) is 5.51.